The molecular formula is C14H20N2O. The Kier molecular flexibility index (Phi) is 3.09. The molecule has 0 atom stereocenters. The lowest BCUT2D eigenvalue weighted by Gasteiger charge is -2.22. The van der Waals surface area contributed by atoms with E-state index in [-0.39, 0.29) is 17.4 Å². The molecule has 0 radical (unpaired) electrons. The van der Waals surface area contributed by atoms with Crippen LogP contribution in [0.3, 0.4) is 0 Å². The summed E-state index contributed by atoms with van der Waals surface area (Å²) in [6.45, 7) is 6.34. The van der Waals surface area contributed by atoms with E-state index in [4.69, 9.17) is 0 Å². The Morgan fingerprint density at radius 1 is 1.24 bits per heavy atom. The molecule has 3 nitrogen and oxygen atoms in total. The maximum absolute atomic E-state index is 11.6. The van der Waals surface area contributed by atoms with Gasteiger partial charge in [0.1, 0.15) is 0 Å². The third kappa shape index (κ3) is 3.77. The maximum atomic E-state index is 11.6. The van der Waals surface area contributed by atoms with Gasteiger partial charge in [0.15, 0.2) is 0 Å². The Labute approximate surface area is 103 Å². The van der Waals surface area contributed by atoms with Crippen molar-refractivity contribution in [1.82, 2.24) is 0 Å². The minimum Gasteiger partial charge on any atom is -0.380 e. The van der Waals surface area contributed by atoms with Gasteiger partial charge in [-0.05, 0) is 51.8 Å². The first kappa shape index (κ1) is 12.0. The number of carbonyl (C=O) groups is 1. The van der Waals surface area contributed by atoms with Gasteiger partial charge < -0.3 is 10.6 Å². The second kappa shape index (κ2) is 4.40. The van der Waals surface area contributed by atoms with Crippen LogP contribution in [-0.2, 0) is 4.79 Å². The van der Waals surface area contributed by atoms with Crippen LogP contribution in [0.4, 0.5) is 11.4 Å². The van der Waals surface area contributed by atoms with E-state index < -0.39 is 0 Å². The van der Waals surface area contributed by atoms with Crippen LogP contribution in [-0.4, -0.2) is 11.4 Å². The van der Waals surface area contributed by atoms with E-state index >= 15 is 0 Å². The van der Waals surface area contributed by atoms with Gasteiger partial charge in [-0.15, -0.1) is 0 Å². The topological polar surface area (TPSA) is 41.1 Å². The molecule has 1 aliphatic carbocycles. The van der Waals surface area contributed by atoms with Gasteiger partial charge in [-0.25, -0.2) is 0 Å². The van der Waals surface area contributed by atoms with Crippen LogP contribution in [0.15, 0.2) is 24.3 Å². The van der Waals surface area contributed by atoms with E-state index in [0.29, 0.717) is 0 Å². The Bertz CT molecular complexity index is 416. The summed E-state index contributed by atoms with van der Waals surface area (Å²) in [5, 5.41) is 6.34. The highest BCUT2D eigenvalue weighted by molar-refractivity contribution is 5.94. The smallest absolute Gasteiger partial charge is 0.227 e. The molecule has 1 fully saturated rings. The summed E-state index contributed by atoms with van der Waals surface area (Å²) in [5.74, 6) is 0.396. The molecule has 0 unspecified atom stereocenters. The lowest BCUT2D eigenvalue weighted by atomic mass is 10.1. The van der Waals surface area contributed by atoms with Crippen molar-refractivity contribution >= 4 is 17.3 Å². The summed E-state index contributed by atoms with van der Waals surface area (Å²) in [6, 6.07) is 7.87. The van der Waals surface area contributed by atoms with Crippen LogP contribution >= 0.6 is 0 Å². The van der Waals surface area contributed by atoms with Crippen LogP contribution in [0.25, 0.3) is 0 Å². The predicted molar refractivity (Wildman–Crippen MR) is 71.2 cm³/mol. The molecule has 92 valence electrons. The Morgan fingerprint density at radius 3 is 2.47 bits per heavy atom. The molecule has 17 heavy (non-hydrogen) atoms. The van der Waals surface area contributed by atoms with E-state index in [9.17, 15) is 4.79 Å². The molecule has 1 amide bonds. The zero-order valence-electron chi connectivity index (χ0n) is 10.7. The summed E-state index contributed by atoms with van der Waals surface area (Å²) in [7, 11) is 0. The van der Waals surface area contributed by atoms with Gasteiger partial charge in [-0.3, -0.25) is 4.79 Å². The molecule has 0 saturated heterocycles. The molecule has 2 rings (SSSR count). The first-order valence-electron chi connectivity index (χ1n) is 6.13. The first-order valence-corrected chi connectivity index (χ1v) is 6.13. The number of amides is 1. The second-order valence-electron chi connectivity index (χ2n) is 5.72. The first-order chi connectivity index (χ1) is 7.94. The molecule has 0 heterocycles. The minimum absolute atomic E-state index is 0.0269. The zero-order chi connectivity index (χ0) is 12.5. The number of benzene rings is 1. The van der Waals surface area contributed by atoms with Crippen molar-refractivity contribution in [2.45, 2.75) is 39.2 Å². The summed E-state index contributed by atoms with van der Waals surface area (Å²) in [6.07, 6.45) is 2.07. The molecule has 2 N–H and O–H groups in total. The molecule has 3 heteroatoms. The van der Waals surface area contributed by atoms with E-state index in [1.54, 1.807) is 0 Å². The Morgan fingerprint density at radius 2 is 1.88 bits per heavy atom. The van der Waals surface area contributed by atoms with Crippen molar-refractivity contribution in [3.63, 3.8) is 0 Å². The molecule has 1 aromatic carbocycles. The van der Waals surface area contributed by atoms with Crippen molar-refractivity contribution in [3.05, 3.63) is 24.3 Å². The van der Waals surface area contributed by atoms with Gasteiger partial charge in [0, 0.05) is 22.8 Å². The number of rotatable bonds is 3. The van der Waals surface area contributed by atoms with Crippen molar-refractivity contribution in [2.75, 3.05) is 10.6 Å². The quantitative estimate of drug-likeness (QED) is 0.840. The average molecular weight is 232 g/mol. The molecule has 0 aromatic heterocycles. The van der Waals surface area contributed by atoms with Crippen molar-refractivity contribution < 1.29 is 4.79 Å². The van der Waals surface area contributed by atoms with Crippen molar-refractivity contribution in [2.24, 2.45) is 5.92 Å². The third-order valence-corrected chi connectivity index (χ3v) is 2.60. The molecule has 1 saturated carbocycles. The lowest BCUT2D eigenvalue weighted by Crippen LogP contribution is -2.26. The van der Waals surface area contributed by atoms with Crippen LogP contribution in [0.2, 0.25) is 0 Å². The van der Waals surface area contributed by atoms with Gasteiger partial charge in [0.2, 0.25) is 5.91 Å². The highest BCUT2D eigenvalue weighted by Gasteiger charge is 2.29. The van der Waals surface area contributed by atoms with Gasteiger partial charge in [0.05, 0.1) is 0 Å². The predicted octanol–water partition coefficient (Wildman–Crippen LogP) is 3.25. The number of hydrogen-bond donors (Lipinski definition) is 2. The highest BCUT2D eigenvalue weighted by Crippen LogP contribution is 2.30. The van der Waals surface area contributed by atoms with E-state index in [0.717, 1.165) is 24.2 Å². The molecule has 0 bridgehead atoms. The monoisotopic (exact) mass is 232 g/mol. The molecule has 1 aliphatic rings. The highest BCUT2D eigenvalue weighted by atomic mass is 16.2. The van der Waals surface area contributed by atoms with Crippen molar-refractivity contribution in [3.8, 4) is 0 Å². The number of carbonyl (C=O) groups excluding carboxylic acids is 1. The molecular weight excluding hydrogens is 212 g/mol. The summed E-state index contributed by atoms with van der Waals surface area (Å²) in [4.78, 5) is 11.6. The van der Waals surface area contributed by atoms with Crippen LogP contribution in [0.5, 0.6) is 0 Å². The van der Waals surface area contributed by atoms with Gasteiger partial charge in [-0.1, -0.05) is 6.07 Å². The Balaban J connectivity index is 2.03. The lowest BCUT2D eigenvalue weighted by molar-refractivity contribution is -0.117. The average Bonchev–Trinajstić information content (AvgIpc) is 2.97. The third-order valence-electron chi connectivity index (χ3n) is 2.60. The number of nitrogens with one attached hydrogen (secondary N) is 2. The Hall–Kier alpha value is -1.51. The maximum Gasteiger partial charge on any atom is 0.227 e. The normalized spacial score (nSPS) is 15.5. The molecule has 0 spiro atoms. The van der Waals surface area contributed by atoms with Crippen LogP contribution in [0.1, 0.15) is 33.6 Å². The van der Waals surface area contributed by atoms with Gasteiger partial charge in [0.25, 0.3) is 0 Å². The van der Waals surface area contributed by atoms with E-state index in [1.165, 1.54) is 0 Å². The van der Waals surface area contributed by atoms with E-state index in [1.807, 2.05) is 24.3 Å². The SMILES string of the molecule is CC(C)(C)Nc1cccc(NC(=O)C2CC2)c1. The number of anilines is 2. The molecule has 0 aliphatic heterocycles. The second-order valence-corrected chi connectivity index (χ2v) is 5.72. The largest absolute Gasteiger partial charge is 0.380 e. The van der Waals surface area contributed by atoms with Crippen LogP contribution < -0.4 is 10.6 Å². The fourth-order valence-electron chi connectivity index (χ4n) is 1.70. The summed E-state index contributed by atoms with van der Waals surface area (Å²) >= 11 is 0. The zero-order valence-corrected chi connectivity index (χ0v) is 10.7. The summed E-state index contributed by atoms with van der Waals surface area (Å²) in [5.41, 5.74) is 1.93. The van der Waals surface area contributed by atoms with E-state index in [2.05, 4.69) is 31.4 Å². The standard InChI is InChI=1S/C14H20N2O/c1-14(2,3)16-12-6-4-5-11(9-12)15-13(17)10-7-8-10/h4-6,9-10,16H,7-8H2,1-3H3,(H,15,17). The van der Waals surface area contributed by atoms with Crippen LogP contribution in [0, 0.1) is 5.92 Å². The summed E-state index contributed by atoms with van der Waals surface area (Å²) < 4.78 is 0. The van der Waals surface area contributed by atoms with Gasteiger partial charge in [-0.2, -0.15) is 0 Å². The minimum atomic E-state index is 0.0269. The van der Waals surface area contributed by atoms with Crippen molar-refractivity contribution in [1.29, 1.82) is 0 Å². The number of hydrogen-bond acceptors (Lipinski definition) is 2. The molecule has 1 aromatic rings. The van der Waals surface area contributed by atoms with Gasteiger partial charge >= 0.3 is 0 Å². The fourth-order valence-corrected chi connectivity index (χ4v) is 1.70. The fraction of sp³-hybridized carbons (Fsp3) is 0.500.